The van der Waals surface area contributed by atoms with Crippen LogP contribution in [0.4, 0.5) is 0 Å². The Morgan fingerprint density at radius 1 is 1.29 bits per heavy atom. The highest BCUT2D eigenvalue weighted by atomic mass is 32.2. The van der Waals surface area contributed by atoms with Gasteiger partial charge in [-0.25, -0.2) is 18.4 Å². The normalized spacial score (nSPS) is 23.1. The van der Waals surface area contributed by atoms with Gasteiger partial charge >= 0.3 is 0 Å². The standard InChI is InChI=1S/C17H19N3O3S/c1-11-3-6-16(23-2)17(7-11)24(21,22)20-12-4-5-15(20)13-9-18-10-19-14(13)8-12/h3,6-7,9-10,12,15H,4-5,8H2,1-2H3. The van der Waals surface area contributed by atoms with Gasteiger partial charge in [0.05, 0.1) is 18.8 Å². The Bertz CT molecular complexity index is 898. The first-order chi connectivity index (χ1) is 11.5. The molecule has 126 valence electrons. The molecule has 1 aromatic carbocycles. The molecule has 0 radical (unpaired) electrons. The molecule has 6 nitrogen and oxygen atoms in total. The molecule has 0 amide bonds. The zero-order valence-electron chi connectivity index (χ0n) is 13.6. The third kappa shape index (κ3) is 2.22. The summed E-state index contributed by atoms with van der Waals surface area (Å²) < 4.78 is 33.7. The van der Waals surface area contributed by atoms with Gasteiger partial charge in [0.25, 0.3) is 0 Å². The van der Waals surface area contributed by atoms with E-state index in [0.29, 0.717) is 12.2 Å². The Balaban J connectivity index is 1.84. The first kappa shape index (κ1) is 15.5. The number of rotatable bonds is 3. The largest absolute Gasteiger partial charge is 0.495 e. The molecule has 4 rings (SSSR count). The number of aryl methyl sites for hydroxylation is 1. The highest BCUT2D eigenvalue weighted by Crippen LogP contribution is 2.46. The zero-order chi connectivity index (χ0) is 16.9. The first-order valence-electron chi connectivity index (χ1n) is 7.99. The van der Waals surface area contributed by atoms with Crippen LogP contribution >= 0.6 is 0 Å². The minimum absolute atomic E-state index is 0.0485. The van der Waals surface area contributed by atoms with E-state index in [9.17, 15) is 8.42 Å². The van der Waals surface area contributed by atoms with Crippen molar-refractivity contribution in [3.63, 3.8) is 0 Å². The average Bonchev–Trinajstić information content (AvgIpc) is 2.91. The van der Waals surface area contributed by atoms with Crippen molar-refractivity contribution in [1.29, 1.82) is 0 Å². The van der Waals surface area contributed by atoms with Crippen LogP contribution in [-0.2, 0) is 16.4 Å². The van der Waals surface area contributed by atoms with Crippen LogP contribution in [0.25, 0.3) is 0 Å². The van der Waals surface area contributed by atoms with Gasteiger partial charge in [-0.2, -0.15) is 4.31 Å². The average molecular weight is 345 g/mol. The van der Waals surface area contributed by atoms with Crippen LogP contribution in [0.2, 0.25) is 0 Å². The molecule has 2 aliphatic rings. The fraction of sp³-hybridized carbons (Fsp3) is 0.412. The van der Waals surface area contributed by atoms with Crippen molar-refractivity contribution in [2.24, 2.45) is 0 Å². The molecule has 24 heavy (non-hydrogen) atoms. The smallest absolute Gasteiger partial charge is 0.247 e. The fourth-order valence-corrected chi connectivity index (χ4v) is 5.94. The van der Waals surface area contributed by atoms with E-state index in [1.165, 1.54) is 13.4 Å². The molecule has 2 aliphatic heterocycles. The van der Waals surface area contributed by atoms with Gasteiger partial charge in [-0.1, -0.05) is 6.07 Å². The predicted molar refractivity (Wildman–Crippen MR) is 88.3 cm³/mol. The number of aromatic nitrogens is 2. The van der Waals surface area contributed by atoms with Gasteiger partial charge in [0.15, 0.2) is 0 Å². The van der Waals surface area contributed by atoms with Crippen LogP contribution in [-0.4, -0.2) is 35.8 Å². The second-order valence-electron chi connectivity index (χ2n) is 6.37. The maximum Gasteiger partial charge on any atom is 0.247 e. The van der Waals surface area contributed by atoms with Crippen LogP contribution in [0.3, 0.4) is 0 Å². The molecular formula is C17H19N3O3S. The maximum atomic E-state index is 13.4. The molecule has 2 bridgehead atoms. The molecular weight excluding hydrogens is 326 g/mol. The van der Waals surface area contributed by atoms with E-state index in [1.807, 2.05) is 13.0 Å². The van der Waals surface area contributed by atoms with Gasteiger partial charge in [0.1, 0.15) is 17.0 Å². The minimum atomic E-state index is -3.65. The number of benzene rings is 1. The molecule has 0 saturated carbocycles. The van der Waals surface area contributed by atoms with Crippen molar-refractivity contribution in [1.82, 2.24) is 14.3 Å². The molecule has 1 fully saturated rings. The maximum absolute atomic E-state index is 13.4. The van der Waals surface area contributed by atoms with E-state index in [-0.39, 0.29) is 17.0 Å². The Morgan fingerprint density at radius 3 is 2.92 bits per heavy atom. The van der Waals surface area contributed by atoms with Crippen LogP contribution in [0.5, 0.6) is 5.75 Å². The SMILES string of the molecule is COc1ccc(C)cc1S(=O)(=O)N1C2CCC1c1cncnc1C2. The summed E-state index contributed by atoms with van der Waals surface area (Å²) in [4.78, 5) is 8.67. The lowest BCUT2D eigenvalue weighted by atomic mass is 10.0. The summed E-state index contributed by atoms with van der Waals surface area (Å²) in [7, 11) is -2.16. The highest BCUT2D eigenvalue weighted by Gasteiger charge is 2.48. The van der Waals surface area contributed by atoms with Crippen molar-refractivity contribution in [2.45, 2.75) is 43.2 Å². The second kappa shape index (κ2) is 5.53. The highest BCUT2D eigenvalue weighted by molar-refractivity contribution is 7.89. The molecule has 2 unspecified atom stereocenters. The number of methoxy groups -OCH3 is 1. The van der Waals surface area contributed by atoms with Crippen molar-refractivity contribution in [3.05, 3.63) is 47.5 Å². The third-order valence-corrected chi connectivity index (χ3v) is 6.91. The summed E-state index contributed by atoms with van der Waals surface area (Å²) in [6.45, 7) is 1.88. The van der Waals surface area contributed by atoms with Crippen LogP contribution < -0.4 is 4.74 Å². The molecule has 0 N–H and O–H groups in total. The monoisotopic (exact) mass is 345 g/mol. The van der Waals surface area contributed by atoms with Crippen LogP contribution in [0.15, 0.2) is 35.6 Å². The van der Waals surface area contributed by atoms with E-state index < -0.39 is 10.0 Å². The third-order valence-electron chi connectivity index (χ3n) is 4.93. The molecule has 1 aromatic heterocycles. The zero-order valence-corrected chi connectivity index (χ0v) is 14.5. The topological polar surface area (TPSA) is 72.4 Å². The lowest BCUT2D eigenvalue weighted by molar-refractivity contribution is 0.298. The fourth-order valence-electron chi connectivity index (χ4n) is 3.84. The van der Waals surface area contributed by atoms with Gasteiger partial charge in [-0.15, -0.1) is 0 Å². The Hall–Kier alpha value is -1.99. The van der Waals surface area contributed by atoms with E-state index in [1.54, 1.807) is 22.6 Å². The Labute approximate surface area is 141 Å². The molecule has 2 atom stereocenters. The molecule has 7 heteroatoms. The van der Waals surface area contributed by atoms with Gasteiger partial charge in [-0.3, -0.25) is 0 Å². The van der Waals surface area contributed by atoms with Gasteiger partial charge in [0, 0.05) is 24.2 Å². The molecule has 0 spiro atoms. The van der Waals surface area contributed by atoms with Gasteiger partial charge < -0.3 is 4.74 Å². The molecule has 3 heterocycles. The number of hydrogen-bond acceptors (Lipinski definition) is 5. The van der Waals surface area contributed by atoms with E-state index in [4.69, 9.17) is 4.74 Å². The van der Waals surface area contributed by atoms with Gasteiger partial charge in [-0.05, 0) is 37.5 Å². The lowest BCUT2D eigenvalue weighted by Gasteiger charge is -2.34. The van der Waals surface area contributed by atoms with Crippen LogP contribution in [0.1, 0.15) is 35.7 Å². The number of fused-ring (bicyclic) bond motifs is 4. The van der Waals surface area contributed by atoms with E-state index in [2.05, 4.69) is 9.97 Å². The summed E-state index contributed by atoms with van der Waals surface area (Å²) in [5.74, 6) is 0.384. The first-order valence-corrected chi connectivity index (χ1v) is 9.43. The van der Waals surface area contributed by atoms with E-state index in [0.717, 1.165) is 29.7 Å². The summed E-state index contributed by atoms with van der Waals surface area (Å²) in [5.41, 5.74) is 2.80. The Morgan fingerprint density at radius 2 is 2.12 bits per heavy atom. The van der Waals surface area contributed by atoms with Crippen molar-refractivity contribution in [3.8, 4) is 5.75 Å². The lowest BCUT2D eigenvalue weighted by Crippen LogP contribution is -2.42. The molecule has 2 aromatic rings. The predicted octanol–water partition coefficient (Wildman–Crippen LogP) is 2.24. The van der Waals surface area contributed by atoms with Crippen molar-refractivity contribution >= 4 is 10.0 Å². The summed E-state index contributed by atoms with van der Waals surface area (Å²) in [6, 6.07) is 5.02. The number of ether oxygens (including phenoxy) is 1. The van der Waals surface area contributed by atoms with Crippen molar-refractivity contribution in [2.75, 3.05) is 7.11 Å². The van der Waals surface area contributed by atoms with E-state index >= 15 is 0 Å². The van der Waals surface area contributed by atoms with Gasteiger partial charge in [0.2, 0.25) is 10.0 Å². The van der Waals surface area contributed by atoms with Crippen molar-refractivity contribution < 1.29 is 13.2 Å². The molecule has 1 saturated heterocycles. The number of sulfonamides is 1. The summed E-state index contributed by atoms with van der Waals surface area (Å²) in [6.07, 6.45) is 5.57. The summed E-state index contributed by atoms with van der Waals surface area (Å²) in [5, 5.41) is 0. The second-order valence-corrected chi connectivity index (χ2v) is 8.18. The number of hydrogen-bond donors (Lipinski definition) is 0. The molecule has 0 aliphatic carbocycles. The minimum Gasteiger partial charge on any atom is -0.495 e. The quantitative estimate of drug-likeness (QED) is 0.853. The summed E-state index contributed by atoms with van der Waals surface area (Å²) >= 11 is 0. The Kier molecular flexibility index (Phi) is 3.58. The van der Waals surface area contributed by atoms with Crippen LogP contribution in [0, 0.1) is 6.92 Å². The number of nitrogens with zero attached hydrogens (tertiary/aromatic N) is 3.